The maximum atomic E-state index is 13.4. The zero-order chi connectivity index (χ0) is 15.9. The second-order valence-corrected chi connectivity index (χ2v) is 5.64. The first-order valence-electron chi connectivity index (χ1n) is 6.99. The van der Waals surface area contributed by atoms with Crippen molar-refractivity contribution >= 4 is 5.91 Å². The van der Waals surface area contributed by atoms with Gasteiger partial charge in [0.05, 0.1) is 5.54 Å². The number of hydrogen-bond donors (Lipinski definition) is 1. The molecule has 0 aliphatic heterocycles. The molecular formula is C16H15F2N3O. The minimum atomic E-state index is -0.702. The van der Waals surface area contributed by atoms with E-state index in [0.29, 0.717) is 29.9 Å². The number of aryl methyl sites for hydroxylation is 2. The summed E-state index contributed by atoms with van der Waals surface area (Å²) in [7, 11) is 0. The highest BCUT2D eigenvalue weighted by Gasteiger charge is 2.46. The highest BCUT2D eigenvalue weighted by molar-refractivity contribution is 5.93. The van der Waals surface area contributed by atoms with Crippen LogP contribution < -0.4 is 5.32 Å². The molecule has 2 aromatic rings. The van der Waals surface area contributed by atoms with E-state index in [1.807, 2.05) is 0 Å². The SMILES string of the molecule is Cc1cc(C(=O)NC2(c3cc(F)cc(F)c3)CC2)nc(C)n1. The van der Waals surface area contributed by atoms with E-state index in [1.165, 1.54) is 12.1 Å². The van der Waals surface area contributed by atoms with Crippen LogP contribution in [-0.2, 0) is 5.54 Å². The minimum absolute atomic E-state index is 0.258. The summed E-state index contributed by atoms with van der Waals surface area (Å²) in [4.78, 5) is 20.6. The molecule has 4 nitrogen and oxygen atoms in total. The van der Waals surface area contributed by atoms with E-state index in [2.05, 4.69) is 15.3 Å². The molecule has 1 amide bonds. The summed E-state index contributed by atoms with van der Waals surface area (Å²) < 4.78 is 26.8. The van der Waals surface area contributed by atoms with Crippen molar-refractivity contribution in [1.29, 1.82) is 0 Å². The Labute approximate surface area is 126 Å². The van der Waals surface area contributed by atoms with Crippen LogP contribution in [0.3, 0.4) is 0 Å². The number of nitrogens with zero attached hydrogens (tertiary/aromatic N) is 2. The topological polar surface area (TPSA) is 54.9 Å². The first-order valence-corrected chi connectivity index (χ1v) is 6.99. The fourth-order valence-corrected chi connectivity index (χ4v) is 2.56. The van der Waals surface area contributed by atoms with Crippen LogP contribution in [0.25, 0.3) is 0 Å². The molecule has 1 aromatic carbocycles. The average molecular weight is 303 g/mol. The fourth-order valence-electron chi connectivity index (χ4n) is 2.56. The summed E-state index contributed by atoms with van der Waals surface area (Å²) in [6.07, 6.45) is 1.29. The number of amides is 1. The molecule has 1 aliphatic carbocycles. The van der Waals surface area contributed by atoms with E-state index >= 15 is 0 Å². The van der Waals surface area contributed by atoms with E-state index < -0.39 is 17.2 Å². The summed E-state index contributed by atoms with van der Waals surface area (Å²) in [6, 6.07) is 4.92. The average Bonchev–Trinajstić information content (AvgIpc) is 3.17. The smallest absolute Gasteiger partial charge is 0.270 e. The van der Waals surface area contributed by atoms with Gasteiger partial charge in [-0.3, -0.25) is 4.79 Å². The summed E-state index contributed by atoms with van der Waals surface area (Å²) in [5.74, 6) is -1.16. The standard InChI is InChI=1S/C16H15F2N3O/c1-9-5-14(20-10(2)19-9)15(22)21-16(3-4-16)11-6-12(17)8-13(18)7-11/h5-8H,3-4H2,1-2H3,(H,21,22). The lowest BCUT2D eigenvalue weighted by atomic mass is 10.0. The van der Waals surface area contributed by atoms with Crippen molar-refractivity contribution in [3.8, 4) is 0 Å². The van der Waals surface area contributed by atoms with Crippen LogP contribution in [0.4, 0.5) is 8.78 Å². The van der Waals surface area contributed by atoms with E-state index in [1.54, 1.807) is 19.9 Å². The maximum absolute atomic E-state index is 13.4. The molecule has 1 aliphatic rings. The first-order chi connectivity index (χ1) is 10.4. The molecule has 1 fully saturated rings. The zero-order valence-electron chi connectivity index (χ0n) is 12.3. The van der Waals surface area contributed by atoms with Gasteiger partial charge in [0.1, 0.15) is 23.2 Å². The van der Waals surface area contributed by atoms with Gasteiger partial charge < -0.3 is 5.32 Å². The van der Waals surface area contributed by atoms with Gasteiger partial charge in [-0.1, -0.05) is 0 Å². The Morgan fingerprint density at radius 1 is 1.09 bits per heavy atom. The zero-order valence-corrected chi connectivity index (χ0v) is 12.3. The maximum Gasteiger partial charge on any atom is 0.270 e. The normalized spacial score (nSPS) is 15.5. The molecule has 0 saturated heterocycles. The number of carbonyl (C=O) groups is 1. The Bertz CT molecular complexity index is 717. The molecule has 0 spiro atoms. The molecule has 22 heavy (non-hydrogen) atoms. The van der Waals surface area contributed by atoms with Crippen LogP contribution in [0.1, 0.15) is 40.4 Å². The van der Waals surface area contributed by atoms with Gasteiger partial charge in [-0.15, -0.1) is 0 Å². The van der Waals surface area contributed by atoms with Crippen molar-refractivity contribution in [2.75, 3.05) is 0 Å². The molecule has 1 aromatic heterocycles. The monoisotopic (exact) mass is 303 g/mol. The van der Waals surface area contributed by atoms with E-state index in [0.717, 1.165) is 6.07 Å². The van der Waals surface area contributed by atoms with Gasteiger partial charge in [-0.2, -0.15) is 0 Å². The largest absolute Gasteiger partial charge is 0.341 e. The lowest BCUT2D eigenvalue weighted by molar-refractivity contribution is 0.0925. The van der Waals surface area contributed by atoms with Crippen molar-refractivity contribution < 1.29 is 13.6 Å². The van der Waals surface area contributed by atoms with Crippen molar-refractivity contribution in [2.45, 2.75) is 32.2 Å². The molecule has 3 rings (SSSR count). The Hall–Kier alpha value is -2.37. The molecule has 0 atom stereocenters. The summed E-state index contributed by atoms with van der Waals surface area (Å²) >= 11 is 0. The van der Waals surface area contributed by atoms with E-state index in [9.17, 15) is 13.6 Å². The number of nitrogens with one attached hydrogen (secondary N) is 1. The number of halogens is 2. The van der Waals surface area contributed by atoms with Gasteiger partial charge in [-0.25, -0.2) is 18.7 Å². The predicted octanol–water partition coefficient (Wildman–Crippen LogP) is 2.79. The van der Waals surface area contributed by atoms with Crippen LogP contribution in [0.5, 0.6) is 0 Å². The number of benzene rings is 1. The minimum Gasteiger partial charge on any atom is -0.341 e. The Morgan fingerprint density at radius 2 is 1.73 bits per heavy atom. The molecule has 0 bridgehead atoms. The van der Waals surface area contributed by atoms with Crippen molar-refractivity contribution in [3.05, 3.63) is 58.7 Å². The fraction of sp³-hybridized carbons (Fsp3) is 0.312. The van der Waals surface area contributed by atoms with Gasteiger partial charge in [0.2, 0.25) is 0 Å². The van der Waals surface area contributed by atoms with Gasteiger partial charge in [0.25, 0.3) is 5.91 Å². The van der Waals surface area contributed by atoms with Crippen LogP contribution in [-0.4, -0.2) is 15.9 Å². The van der Waals surface area contributed by atoms with Gasteiger partial charge in [0.15, 0.2) is 0 Å². The Morgan fingerprint density at radius 3 is 2.27 bits per heavy atom. The Kier molecular flexibility index (Phi) is 3.39. The van der Waals surface area contributed by atoms with Crippen molar-refractivity contribution in [3.63, 3.8) is 0 Å². The second kappa shape index (κ2) is 5.12. The van der Waals surface area contributed by atoms with Crippen LogP contribution in [0.2, 0.25) is 0 Å². The number of rotatable bonds is 3. The number of aromatic nitrogens is 2. The lowest BCUT2D eigenvalue weighted by Crippen LogP contribution is -2.35. The third kappa shape index (κ3) is 2.81. The number of hydrogen-bond acceptors (Lipinski definition) is 3. The summed E-state index contributed by atoms with van der Waals surface area (Å²) in [5.41, 5.74) is 0.695. The molecule has 1 heterocycles. The van der Waals surface area contributed by atoms with Crippen LogP contribution >= 0.6 is 0 Å². The van der Waals surface area contributed by atoms with Gasteiger partial charge >= 0.3 is 0 Å². The molecular weight excluding hydrogens is 288 g/mol. The van der Waals surface area contributed by atoms with Crippen LogP contribution in [0, 0.1) is 25.5 Å². The van der Waals surface area contributed by atoms with Gasteiger partial charge in [-0.05, 0) is 50.5 Å². The highest BCUT2D eigenvalue weighted by Crippen LogP contribution is 2.46. The lowest BCUT2D eigenvalue weighted by Gasteiger charge is -2.18. The summed E-state index contributed by atoms with van der Waals surface area (Å²) in [5, 5.41) is 2.85. The molecule has 1 saturated carbocycles. The van der Waals surface area contributed by atoms with Crippen LogP contribution in [0.15, 0.2) is 24.3 Å². The summed E-state index contributed by atoms with van der Waals surface area (Å²) in [6.45, 7) is 3.49. The third-order valence-electron chi connectivity index (χ3n) is 3.72. The quantitative estimate of drug-likeness (QED) is 0.948. The Balaban J connectivity index is 1.87. The van der Waals surface area contributed by atoms with Gasteiger partial charge in [0, 0.05) is 11.8 Å². The third-order valence-corrected chi connectivity index (χ3v) is 3.72. The first kappa shape index (κ1) is 14.6. The van der Waals surface area contributed by atoms with E-state index in [4.69, 9.17) is 0 Å². The second-order valence-electron chi connectivity index (χ2n) is 5.64. The van der Waals surface area contributed by atoms with E-state index in [-0.39, 0.29) is 11.6 Å². The predicted molar refractivity (Wildman–Crippen MR) is 76.2 cm³/mol. The van der Waals surface area contributed by atoms with Crippen molar-refractivity contribution in [2.24, 2.45) is 0 Å². The molecule has 0 unspecified atom stereocenters. The molecule has 0 radical (unpaired) electrons. The molecule has 6 heteroatoms. The van der Waals surface area contributed by atoms with Crippen molar-refractivity contribution in [1.82, 2.24) is 15.3 Å². The molecule has 114 valence electrons. The highest BCUT2D eigenvalue weighted by atomic mass is 19.1. The number of carbonyl (C=O) groups excluding carboxylic acids is 1. The molecule has 1 N–H and O–H groups in total.